The molecule has 1 aromatic carbocycles. The molecule has 0 bridgehead atoms. The van der Waals surface area contributed by atoms with Crippen LogP contribution in [0.25, 0.3) is 16.5 Å². The van der Waals surface area contributed by atoms with Gasteiger partial charge in [0.1, 0.15) is 6.04 Å². The Kier molecular flexibility index (Phi) is 4.86. The van der Waals surface area contributed by atoms with E-state index in [1.807, 2.05) is 24.3 Å². The van der Waals surface area contributed by atoms with E-state index < -0.39 is 0 Å². The molecule has 2 aromatic heterocycles. The fourth-order valence-electron chi connectivity index (χ4n) is 2.17. The van der Waals surface area contributed by atoms with E-state index in [1.165, 1.54) is 16.5 Å². The van der Waals surface area contributed by atoms with Crippen LogP contribution in [0.5, 0.6) is 0 Å². The molecule has 3 aromatic rings. The quantitative estimate of drug-likeness (QED) is 0.714. The zero-order valence-electron chi connectivity index (χ0n) is 13.4. The lowest BCUT2D eigenvalue weighted by Gasteiger charge is -2.06. The third-order valence-corrected chi connectivity index (χ3v) is 4.46. The smallest absolute Gasteiger partial charge is 0.248 e. The van der Waals surface area contributed by atoms with Gasteiger partial charge in [-0.25, -0.2) is 0 Å². The van der Waals surface area contributed by atoms with E-state index in [4.69, 9.17) is 4.52 Å². The average molecular weight is 339 g/mol. The number of hydrogen-bond donors (Lipinski definition) is 1. The number of benzene rings is 1. The Morgan fingerprint density at radius 1 is 1.25 bits per heavy atom. The molecule has 1 N–H and O–H groups in total. The molecule has 1 unspecified atom stereocenters. The number of rotatable bonds is 5. The van der Waals surface area contributed by atoms with Crippen LogP contribution in [0.1, 0.15) is 29.6 Å². The minimum Gasteiger partial charge on any atom is -0.341 e. The van der Waals surface area contributed by atoms with Crippen molar-refractivity contribution in [2.75, 3.05) is 0 Å². The number of amides is 1. The van der Waals surface area contributed by atoms with Gasteiger partial charge >= 0.3 is 0 Å². The predicted molar refractivity (Wildman–Crippen MR) is 94.4 cm³/mol. The third-order valence-electron chi connectivity index (χ3n) is 3.36. The summed E-state index contributed by atoms with van der Waals surface area (Å²) in [6, 6.07) is 13.9. The van der Waals surface area contributed by atoms with Crippen molar-refractivity contribution >= 4 is 23.3 Å². The summed E-state index contributed by atoms with van der Waals surface area (Å²) in [4.78, 5) is 18.3. The van der Waals surface area contributed by atoms with Gasteiger partial charge in [-0.05, 0) is 37.6 Å². The van der Waals surface area contributed by atoms with Gasteiger partial charge in [-0.3, -0.25) is 4.79 Å². The molecule has 0 radical (unpaired) electrons. The second kappa shape index (κ2) is 7.23. The van der Waals surface area contributed by atoms with Crippen molar-refractivity contribution in [2.45, 2.75) is 19.9 Å². The first kappa shape index (κ1) is 16.1. The lowest BCUT2D eigenvalue weighted by molar-refractivity contribution is -0.117. The molecule has 0 aliphatic rings. The average Bonchev–Trinajstić information content (AvgIpc) is 3.23. The Hall–Kier alpha value is -2.73. The molecule has 122 valence electrons. The van der Waals surface area contributed by atoms with Gasteiger partial charge in [0.25, 0.3) is 0 Å². The number of nitrogens with one attached hydrogen (secondary N) is 1. The standard InChI is InChI=1S/C18H17N3O2S/c1-12(18-20-13(2)21-23-18)19-17(22)11-9-15-8-10-16(24-15)14-6-4-3-5-7-14/h3-12H,1-2H3,(H,19,22)/b11-9+. The van der Waals surface area contributed by atoms with Crippen molar-refractivity contribution in [3.8, 4) is 10.4 Å². The summed E-state index contributed by atoms with van der Waals surface area (Å²) < 4.78 is 5.04. The zero-order chi connectivity index (χ0) is 16.9. The summed E-state index contributed by atoms with van der Waals surface area (Å²) in [5, 5.41) is 6.52. The number of carbonyl (C=O) groups excluding carboxylic acids is 1. The van der Waals surface area contributed by atoms with Crippen LogP contribution in [-0.2, 0) is 4.79 Å². The van der Waals surface area contributed by atoms with Gasteiger partial charge in [-0.15, -0.1) is 11.3 Å². The van der Waals surface area contributed by atoms with Crippen molar-refractivity contribution in [2.24, 2.45) is 0 Å². The summed E-state index contributed by atoms with van der Waals surface area (Å²) >= 11 is 1.64. The maximum Gasteiger partial charge on any atom is 0.248 e. The number of carbonyl (C=O) groups is 1. The van der Waals surface area contributed by atoms with Crippen molar-refractivity contribution in [3.63, 3.8) is 0 Å². The van der Waals surface area contributed by atoms with Crippen LogP contribution in [0, 0.1) is 6.92 Å². The Morgan fingerprint density at radius 2 is 2.04 bits per heavy atom. The molecular weight excluding hydrogens is 322 g/mol. The van der Waals surface area contributed by atoms with E-state index in [1.54, 1.807) is 31.3 Å². The highest BCUT2D eigenvalue weighted by molar-refractivity contribution is 7.16. The summed E-state index contributed by atoms with van der Waals surface area (Å²) in [5.41, 5.74) is 1.17. The van der Waals surface area contributed by atoms with Crippen molar-refractivity contribution < 1.29 is 9.32 Å². The maximum atomic E-state index is 12.0. The van der Waals surface area contributed by atoms with Crippen LogP contribution in [0.4, 0.5) is 0 Å². The minimum absolute atomic E-state index is 0.201. The Labute approximate surface area is 144 Å². The fraction of sp³-hybridized carbons (Fsp3) is 0.167. The summed E-state index contributed by atoms with van der Waals surface area (Å²) in [5.74, 6) is 0.749. The van der Waals surface area contributed by atoms with E-state index in [0.29, 0.717) is 11.7 Å². The van der Waals surface area contributed by atoms with Crippen LogP contribution in [0.2, 0.25) is 0 Å². The van der Waals surface area contributed by atoms with Crippen molar-refractivity contribution in [1.29, 1.82) is 0 Å². The molecule has 0 aliphatic carbocycles. The van der Waals surface area contributed by atoms with Crippen LogP contribution in [0.3, 0.4) is 0 Å². The summed E-state index contributed by atoms with van der Waals surface area (Å²) in [6.07, 6.45) is 3.32. The molecule has 2 heterocycles. The van der Waals surface area contributed by atoms with Crippen molar-refractivity contribution in [1.82, 2.24) is 15.5 Å². The number of hydrogen-bond acceptors (Lipinski definition) is 5. The molecule has 3 rings (SSSR count). The third kappa shape index (κ3) is 3.97. The molecule has 1 atom stereocenters. The van der Waals surface area contributed by atoms with E-state index >= 15 is 0 Å². The molecule has 0 aliphatic heterocycles. The van der Waals surface area contributed by atoms with Gasteiger partial charge in [-0.2, -0.15) is 4.98 Å². The summed E-state index contributed by atoms with van der Waals surface area (Å²) in [6.45, 7) is 3.54. The van der Waals surface area contributed by atoms with Gasteiger partial charge in [0.15, 0.2) is 5.82 Å². The van der Waals surface area contributed by atoms with Gasteiger partial charge in [-0.1, -0.05) is 35.5 Å². The molecule has 5 nitrogen and oxygen atoms in total. The Bertz CT molecular complexity index is 852. The monoisotopic (exact) mass is 339 g/mol. The highest BCUT2D eigenvalue weighted by Gasteiger charge is 2.14. The van der Waals surface area contributed by atoms with Gasteiger partial charge in [0.2, 0.25) is 11.8 Å². The first-order valence-electron chi connectivity index (χ1n) is 7.56. The predicted octanol–water partition coefficient (Wildman–Crippen LogP) is 4.00. The van der Waals surface area contributed by atoms with Gasteiger partial charge in [0, 0.05) is 15.8 Å². The normalized spacial score (nSPS) is 12.4. The highest BCUT2D eigenvalue weighted by Crippen LogP contribution is 2.28. The molecule has 1 amide bonds. The number of aryl methyl sites for hydroxylation is 1. The second-order valence-electron chi connectivity index (χ2n) is 5.31. The van der Waals surface area contributed by atoms with Crippen LogP contribution in [0.15, 0.2) is 53.1 Å². The van der Waals surface area contributed by atoms with E-state index in [9.17, 15) is 4.79 Å². The van der Waals surface area contributed by atoms with Gasteiger partial charge < -0.3 is 9.84 Å². The number of nitrogens with zero attached hydrogens (tertiary/aromatic N) is 2. The molecular formula is C18H17N3O2S. The topological polar surface area (TPSA) is 68.0 Å². The second-order valence-corrected chi connectivity index (χ2v) is 6.43. The maximum absolute atomic E-state index is 12.0. The zero-order valence-corrected chi connectivity index (χ0v) is 14.2. The molecule has 0 spiro atoms. The lowest BCUT2D eigenvalue weighted by Crippen LogP contribution is -2.24. The first-order valence-corrected chi connectivity index (χ1v) is 8.37. The molecule has 6 heteroatoms. The molecule has 0 saturated heterocycles. The molecule has 0 fully saturated rings. The Balaban J connectivity index is 1.61. The lowest BCUT2D eigenvalue weighted by atomic mass is 10.2. The molecule has 24 heavy (non-hydrogen) atoms. The van der Waals surface area contributed by atoms with E-state index in [0.717, 1.165) is 4.88 Å². The number of aromatic nitrogens is 2. The van der Waals surface area contributed by atoms with Gasteiger partial charge in [0.05, 0.1) is 0 Å². The first-order chi connectivity index (χ1) is 11.6. The van der Waals surface area contributed by atoms with E-state index in [2.05, 4.69) is 33.7 Å². The van der Waals surface area contributed by atoms with Crippen molar-refractivity contribution in [3.05, 3.63) is 65.1 Å². The molecule has 0 saturated carbocycles. The number of thiophene rings is 1. The van der Waals surface area contributed by atoms with Crippen LogP contribution < -0.4 is 5.32 Å². The fourth-order valence-corrected chi connectivity index (χ4v) is 3.09. The van der Waals surface area contributed by atoms with Crippen LogP contribution >= 0.6 is 11.3 Å². The van der Waals surface area contributed by atoms with Crippen LogP contribution in [-0.4, -0.2) is 16.0 Å². The van der Waals surface area contributed by atoms with E-state index in [-0.39, 0.29) is 11.9 Å². The minimum atomic E-state index is -0.327. The Morgan fingerprint density at radius 3 is 2.75 bits per heavy atom. The SMILES string of the molecule is Cc1noc(C(C)NC(=O)/C=C/c2ccc(-c3ccccc3)s2)n1. The summed E-state index contributed by atoms with van der Waals surface area (Å²) in [7, 11) is 0. The highest BCUT2D eigenvalue weighted by atomic mass is 32.1. The largest absolute Gasteiger partial charge is 0.341 e.